The van der Waals surface area contributed by atoms with E-state index < -0.39 is 0 Å². The Balaban J connectivity index is 1.59. The van der Waals surface area contributed by atoms with Gasteiger partial charge >= 0.3 is 6.03 Å². The fourth-order valence-electron chi connectivity index (χ4n) is 3.82. The molecule has 2 heterocycles. The highest BCUT2D eigenvalue weighted by Crippen LogP contribution is 2.27. The number of carbonyl (C=O) groups excluding carboxylic acids is 1. The average Bonchev–Trinajstić information content (AvgIpc) is 2.76. The molecule has 0 saturated carbocycles. The van der Waals surface area contributed by atoms with Crippen molar-refractivity contribution in [2.75, 3.05) is 25.5 Å². The van der Waals surface area contributed by atoms with Gasteiger partial charge in [-0.05, 0) is 49.4 Å². The van der Waals surface area contributed by atoms with Gasteiger partial charge < -0.3 is 19.7 Å². The van der Waals surface area contributed by atoms with Crippen LogP contribution in [0.15, 0.2) is 48.2 Å². The number of likely N-dealkylation sites (tertiary alicyclic amines) is 1. The summed E-state index contributed by atoms with van der Waals surface area (Å²) < 4.78 is 11.1. The molecule has 0 spiro atoms. The van der Waals surface area contributed by atoms with Crippen molar-refractivity contribution in [3.63, 3.8) is 0 Å². The lowest BCUT2D eigenvalue weighted by molar-refractivity contribution is 0.198. The molecule has 1 aliphatic heterocycles. The minimum atomic E-state index is -0.0989. The summed E-state index contributed by atoms with van der Waals surface area (Å²) in [6.45, 7) is 7.83. The van der Waals surface area contributed by atoms with E-state index in [1.165, 1.54) is 5.57 Å². The van der Waals surface area contributed by atoms with E-state index in [1.54, 1.807) is 25.4 Å². The summed E-state index contributed by atoms with van der Waals surface area (Å²) in [6.07, 6.45) is 7.08. The number of ether oxygens (including phenoxy) is 2. The molecule has 0 aliphatic carbocycles. The van der Waals surface area contributed by atoms with Crippen LogP contribution in [0.3, 0.4) is 0 Å². The topological polar surface area (TPSA) is 63.7 Å². The van der Waals surface area contributed by atoms with Gasteiger partial charge in [0.1, 0.15) is 5.75 Å². The molecule has 31 heavy (non-hydrogen) atoms. The molecule has 1 aromatic heterocycles. The average molecular weight is 424 g/mol. The smallest absolute Gasteiger partial charge is 0.321 e. The first-order valence-electron chi connectivity index (χ1n) is 11.0. The number of hydrogen-bond acceptors (Lipinski definition) is 4. The van der Waals surface area contributed by atoms with Crippen molar-refractivity contribution in [3.8, 4) is 11.6 Å². The second-order valence-electron chi connectivity index (χ2n) is 8.13. The minimum Gasteiger partial charge on any atom is -0.491 e. The number of piperidine rings is 1. The number of urea groups is 1. The second kappa shape index (κ2) is 10.8. The Kier molecular flexibility index (Phi) is 7.93. The van der Waals surface area contributed by atoms with Crippen LogP contribution in [0, 0.1) is 5.92 Å². The SMILES string of the molecule is CCCC(C)Oc1cccc(/C=C2\CCN(C(=O)Nc3ccc(OC)nc3)CC2C)c1. The molecule has 2 amide bonds. The van der Waals surface area contributed by atoms with E-state index in [4.69, 9.17) is 9.47 Å². The molecular weight excluding hydrogens is 390 g/mol. The molecule has 2 unspecified atom stereocenters. The lowest BCUT2D eigenvalue weighted by Crippen LogP contribution is -2.42. The molecule has 1 aromatic carbocycles. The molecule has 166 valence electrons. The number of pyridine rings is 1. The lowest BCUT2D eigenvalue weighted by Gasteiger charge is -2.33. The molecule has 1 N–H and O–H groups in total. The van der Waals surface area contributed by atoms with Gasteiger partial charge in [-0.1, -0.05) is 44.1 Å². The largest absolute Gasteiger partial charge is 0.491 e. The van der Waals surface area contributed by atoms with Crippen LogP contribution >= 0.6 is 0 Å². The van der Waals surface area contributed by atoms with Crippen molar-refractivity contribution in [2.45, 2.75) is 46.1 Å². The van der Waals surface area contributed by atoms with Crippen molar-refractivity contribution >= 4 is 17.8 Å². The Bertz CT molecular complexity index is 895. The molecule has 0 radical (unpaired) electrons. The highest BCUT2D eigenvalue weighted by atomic mass is 16.5. The van der Waals surface area contributed by atoms with Crippen LogP contribution in [0.25, 0.3) is 6.08 Å². The second-order valence-corrected chi connectivity index (χ2v) is 8.13. The van der Waals surface area contributed by atoms with Gasteiger partial charge in [0.05, 0.1) is 25.1 Å². The molecule has 1 aliphatic rings. The quantitative estimate of drug-likeness (QED) is 0.628. The van der Waals surface area contributed by atoms with Gasteiger partial charge in [0.2, 0.25) is 5.88 Å². The zero-order valence-corrected chi connectivity index (χ0v) is 18.9. The van der Waals surface area contributed by atoms with E-state index in [0.29, 0.717) is 24.7 Å². The number of benzene rings is 1. The zero-order chi connectivity index (χ0) is 22.2. The van der Waals surface area contributed by atoms with Crippen molar-refractivity contribution in [2.24, 2.45) is 5.92 Å². The van der Waals surface area contributed by atoms with Crippen molar-refractivity contribution < 1.29 is 14.3 Å². The number of nitrogens with one attached hydrogen (secondary N) is 1. The van der Waals surface area contributed by atoms with Crippen LogP contribution in [0.2, 0.25) is 0 Å². The summed E-state index contributed by atoms with van der Waals surface area (Å²) >= 11 is 0. The maximum atomic E-state index is 12.7. The molecule has 2 aromatic rings. The molecule has 1 fully saturated rings. The van der Waals surface area contributed by atoms with E-state index in [0.717, 1.165) is 30.6 Å². The Labute approximate surface area is 185 Å². The summed E-state index contributed by atoms with van der Waals surface area (Å²) in [5.74, 6) is 1.72. The van der Waals surface area contributed by atoms with Gasteiger partial charge in [0, 0.05) is 19.2 Å². The van der Waals surface area contributed by atoms with Gasteiger partial charge in [-0.3, -0.25) is 0 Å². The van der Waals surface area contributed by atoms with Crippen LogP contribution in [0.5, 0.6) is 11.6 Å². The zero-order valence-electron chi connectivity index (χ0n) is 18.9. The monoisotopic (exact) mass is 423 g/mol. The van der Waals surface area contributed by atoms with Crippen LogP contribution in [-0.2, 0) is 0 Å². The van der Waals surface area contributed by atoms with Gasteiger partial charge in [0.15, 0.2) is 0 Å². The number of nitrogens with zero attached hydrogens (tertiary/aromatic N) is 2. The van der Waals surface area contributed by atoms with E-state index in [1.807, 2.05) is 17.0 Å². The minimum absolute atomic E-state index is 0.0989. The maximum absolute atomic E-state index is 12.7. The number of methoxy groups -OCH3 is 1. The third-order valence-corrected chi connectivity index (χ3v) is 5.52. The van der Waals surface area contributed by atoms with Crippen LogP contribution < -0.4 is 14.8 Å². The van der Waals surface area contributed by atoms with Gasteiger partial charge in [0.25, 0.3) is 0 Å². The first kappa shape index (κ1) is 22.7. The predicted molar refractivity (Wildman–Crippen MR) is 125 cm³/mol. The highest BCUT2D eigenvalue weighted by molar-refractivity contribution is 5.89. The molecular formula is C25H33N3O3. The van der Waals surface area contributed by atoms with Gasteiger partial charge in [-0.25, -0.2) is 9.78 Å². The van der Waals surface area contributed by atoms with Gasteiger partial charge in [-0.15, -0.1) is 0 Å². The van der Waals surface area contributed by atoms with E-state index in [2.05, 4.69) is 49.3 Å². The number of hydrogen-bond donors (Lipinski definition) is 1. The number of rotatable bonds is 7. The summed E-state index contributed by atoms with van der Waals surface area (Å²) in [6, 6.07) is 11.7. The van der Waals surface area contributed by atoms with Crippen LogP contribution in [0.4, 0.5) is 10.5 Å². The standard InChI is InChI=1S/C25H33N3O3/c1-5-7-19(3)31-23-9-6-8-20(15-23)14-21-12-13-28(17-18(21)2)25(29)27-22-10-11-24(30-4)26-16-22/h6,8-11,14-16,18-19H,5,7,12-13,17H2,1-4H3,(H,27,29)/b21-14+. The Morgan fingerprint density at radius 1 is 1.35 bits per heavy atom. The number of aromatic nitrogens is 1. The fraction of sp³-hybridized carbons (Fsp3) is 0.440. The Morgan fingerprint density at radius 2 is 2.19 bits per heavy atom. The van der Waals surface area contributed by atoms with E-state index in [-0.39, 0.29) is 18.1 Å². The first-order chi connectivity index (χ1) is 15.0. The normalized spacial score (nSPS) is 18.5. The van der Waals surface area contributed by atoms with Crippen molar-refractivity contribution in [3.05, 3.63) is 53.7 Å². The third-order valence-electron chi connectivity index (χ3n) is 5.52. The first-order valence-corrected chi connectivity index (χ1v) is 11.0. The summed E-state index contributed by atoms with van der Waals surface area (Å²) in [7, 11) is 1.57. The van der Waals surface area contributed by atoms with E-state index >= 15 is 0 Å². The van der Waals surface area contributed by atoms with E-state index in [9.17, 15) is 4.79 Å². The summed E-state index contributed by atoms with van der Waals surface area (Å²) in [4.78, 5) is 18.6. The molecule has 3 rings (SSSR count). The molecule has 2 atom stereocenters. The molecule has 0 bridgehead atoms. The van der Waals surface area contributed by atoms with Crippen molar-refractivity contribution in [1.29, 1.82) is 0 Å². The maximum Gasteiger partial charge on any atom is 0.321 e. The van der Waals surface area contributed by atoms with Crippen molar-refractivity contribution in [1.82, 2.24) is 9.88 Å². The number of anilines is 1. The lowest BCUT2D eigenvalue weighted by atomic mass is 9.91. The van der Waals surface area contributed by atoms with Gasteiger partial charge in [-0.2, -0.15) is 0 Å². The Hall–Kier alpha value is -3.02. The van der Waals surface area contributed by atoms with Crippen LogP contribution in [-0.4, -0.2) is 42.2 Å². The molecule has 6 nitrogen and oxygen atoms in total. The summed E-state index contributed by atoms with van der Waals surface area (Å²) in [5.41, 5.74) is 3.16. The summed E-state index contributed by atoms with van der Waals surface area (Å²) in [5, 5.41) is 2.92. The van der Waals surface area contributed by atoms with Crippen LogP contribution in [0.1, 0.15) is 45.6 Å². The predicted octanol–water partition coefficient (Wildman–Crippen LogP) is 5.61. The third kappa shape index (κ3) is 6.48. The molecule has 1 saturated heterocycles. The highest BCUT2D eigenvalue weighted by Gasteiger charge is 2.24. The molecule has 6 heteroatoms. The number of carbonyl (C=O) groups is 1. The fourth-order valence-corrected chi connectivity index (χ4v) is 3.82. The number of amides is 2. The Morgan fingerprint density at radius 3 is 2.87 bits per heavy atom.